The van der Waals surface area contributed by atoms with Crippen molar-refractivity contribution in [3.63, 3.8) is 0 Å². The van der Waals surface area contributed by atoms with Crippen LogP contribution in [-0.4, -0.2) is 43.0 Å². The zero-order chi connectivity index (χ0) is 14.3. The lowest BCUT2D eigenvalue weighted by atomic mass is 9.89. The molecule has 3 N–H and O–H groups in total. The van der Waals surface area contributed by atoms with Gasteiger partial charge in [0.2, 0.25) is 5.91 Å². The van der Waals surface area contributed by atoms with Crippen LogP contribution in [0.3, 0.4) is 0 Å². The summed E-state index contributed by atoms with van der Waals surface area (Å²) in [6.45, 7) is 6.76. The maximum Gasteiger partial charge on any atom is 0.237 e. The van der Waals surface area contributed by atoms with Crippen LogP contribution in [0.1, 0.15) is 52.4 Å². The molecule has 1 atom stereocenters. The second kappa shape index (κ2) is 7.85. The van der Waals surface area contributed by atoms with Crippen molar-refractivity contribution in [3.8, 4) is 0 Å². The monoisotopic (exact) mass is 269 g/mol. The van der Waals surface area contributed by atoms with Gasteiger partial charge in [0.15, 0.2) is 0 Å². The van der Waals surface area contributed by atoms with E-state index in [1.54, 1.807) is 0 Å². The third-order valence-electron chi connectivity index (χ3n) is 4.40. The number of nitrogens with one attached hydrogen (secondary N) is 1. The van der Waals surface area contributed by atoms with Gasteiger partial charge >= 0.3 is 0 Å². The molecule has 1 unspecified atom stereocenters. The molecule has 0 bridgehead atoms. The molecule has 19 heavy (non-hydrogen) atoms. The maximum atomic E-state index is 11.6. The van der Waals surface area contributed by atoms with E-state index in [0.29, 0.717) is 0 Å². The molecule has 1 amide bonds. The minimum Gasteiger partial charge on any atom is -0.368 e. The van der Waals surface area contributed by atoms with Gasteiger partial charge in [-0.15, -0.1) is 0 Å². The smallest absolute Gasteiger partial charge is 0.237 e. The minimum absolute atomic E-state index is 0.250. The Morgan fingerprint density at radius 3 is 2.53 bits per heavy atom. The fourth-order valence-corrected chi connectivity index (χ4v) is 3.01. The first-order valence-electron chi connectivity index (χ1n) is 7.71. The average Bonchev–Trinajstić information content (AvgIpc) is 2.38. The number of hydrogen-bond acceptors (Lipinski definition) is 3. The molecule has 0 aromatic carbocycles. The zero-order valence-electron chi connectivity index (χ0n) is 12.9. The Hall–Kier alpha value is -0.610. The Labute approximate surface area is 118 Å². The Balaban J connectivity index is 2.34. The van der Waals surface area contributed by atoms with Gasteiger partial charge in [-0.2, -0.15) is 0 Å². The SMILES string of the molecule is CCNC(C)(CCN(C)CC1CCCCC1)C(N)=O. The molecule has 4 nitrogen and oxygen atoms in total. The predicted molar refractivity (Wildman–Crippen MR) is 80.0 cm³/mol. The Morgan fingerprint density at radius 1 is 1.37 bits per heavy atom. The first-order valence-corrected chi connectivity index (χ1v) is 7.71. The van der Waals surface area contributed by atoms with E-state index in [-0.39, 0.29) is 5.91 Å². The number of hydrogen-bond donors (Lipinski definition) is 2. The van der Waals surface area contributed by atoms with Crippen LogP contribution in [0, 0.1) is 5.92 Å². The Bertz CT molecular complexity index is 277. The standard InChI is InChI=1S/C15H31N3O/c1-4-17-15(2,14(16)19)10-11-18(3)12-13-8-6-5-7-9-13/h13,17H,4-12H2,1-3H3,(H2,16,19). The van der Waals surface area contributed by atoms with Crippen molar-refractivity contribution in [1.29, 1.82) is 0 Å². The summed E-state index contributed by atoms with van der Waals surface area (Å²) in [4.78, 5) is 13.9. The number of amides is 1. The molecular weight excluding hydrogens is 238 g/mol. The molecule has 0 saturated heterocycles. The first-order chi connectivity index (χ1) is 8.98. The largest absolute Gasteiger partial charge is 0.368 e. The van der Waals surface area contributed by atoms with Crippen LogP contribution in [0.15, 0.2) is 0 Å². The molecule has 0 aliphatic heterocycles. The molecule has 4 heteroatoms. The van der Waals surface area contributed by atoms with Gasteiger partial charge in [0.05, 0.1) is 5.54 Å². The number of carbonyl (C=O) groups is 1. The third kappa shape index (κ3) is 5.49. The summed E-state index contributed by atoms with van der Waals surface area (Å²) in [6.07, 6.45) is 7.68. The summed E-state index contributed by atoms with van der Waals surface area (Å²) in [7, 11) is 2.15. The van der Waals surface area contributed by atoms with Gasteiger partial charge in [0.1, 0.15) is 0 Å². The summed E-state index contributed by atoms with van der Waals surface area (Å²) in [5.41, 5.74) is 4.93. The van der Waals surface area contributed by atoms with Gasteiger partial charge in [-0.3, -0.25) is 4.79 Å². The van der Waals surface area contributed by atoms with Crippen LogP contribution < -0.4 is 11.1 Å². The number of primary amides is 1. The molecule has 1 aliphatic carbocycles. The lowest BCUT2D eigenvalue weighted by molar-refractivity contribution is -0.124. The highest BCUT2D eigenvalue weighted by Gasteiger charge is 2.30. The maximum absolute atomic E-state index is 11.6. The van der Waals surface area contributed by atoms with Crippen molar-refractivity contribution >= 4 is 5.91 Å². The molecule has 0 aromatic rings. The van der Waals surface area contributed by atoms with Crippen molar-refractivity contribution < 1.29 is 4.79 Å². The third-order valence-corrected chi connectivity index (χ3v) is 4.40. The van der Waals surface area contributed by atoms with E-state index >= 15 is 0 Å². The molecular formula is C15H31N3O. The van der Waals surface area contributed by atoms with E-state index in [9.17, 15) is 4.79 Å². The summed E-state index contributed by atoms with van der Waals surface area (Å²) in [6, 6.07) is 0. The van der Waals surface area contributed by atoms with Gasteiger partial charge in [0, 0.05) is 13.1 Å². The van der Waals surface area contributed by atoms with Crippen molar-refractivity contribution in [1.82, 2.24) is 10.2 Å². The number of carbonyl (C=O) groups excluding carboxylic acids is 1. The van der Waals surface area contributed by atoms with Gasteiger partial charge < -0.3 is 16.0 Å². The second-order valence-electron chi connectivity index (χ2n) is 6.24. The highest BCUT2D eigenvalue weighted by atomic mass is 16.1. The van der Waals surface area contributed by atoms with Crippen LogP contribution in [-0.2, 0) is 4.79 Å². The van der Waals surface area contributed by atoms with E-state index in [4.69, 9.17) is 5.73 Å². The molecule has 1 fully saturated rings. The number of nitrogens with zero attached hydrogens (tertiary/aromatic N) is 1. The summed E-state index contributed by atoms with van der Waals surface area (Å²) in [5, 5.41) is 3.22. The number of rotatable bonds is 8. The quantitative estimate of drug-likeness (QED) is 0.706. The van der Waals surface area contributed by atoms with Gasteiger partial charge in [0.25, 0.3) is 0 Å². The normalized spacial score (nSPS) is 20.4. The summed E-state index contributed by atoms with van der Waals surface area (Å²) in [5.74, 6) is 0.595. The first kappa shape index (κ1) is 16.4. The minimum atomic E-state index is -0.574. The van der Waals surface area contributed by atoms with Crippen molar-refractivity contribution in [3.05, 3.63) is 0 Å². The second-order valence-corrected chi connectivity index (χ2v) is 6.24. The summed E-state index contributed by atoms with van der Waals surface area (Å²) < 4.78 is 0. The summed E-state index contributed by atoms with van der Waals surface area (Å²) >= 11 is 0. The van der Waals surface area contributed by atoms with E-state index < -0.39 is 5.54 Å². The predicted octanol–water partition coefficient (Wildman–Crippen LogP) is 1.74. The van der Waals surface area contributed by atoms with Crippen LogP contribution in [0.4, 0.5) is 0 Å². The van der Waals surface area contributed by atoms with Gasteiger partial charge in [-0.25, -0.2) is 0 Å². The molecule has 1 rings (SSSR count). The van der Waals surface area contributed by atoms with Crippen LogP contribution in [0.25, 0.3) is 0 Å². The molecule has 0 spiro atoms. The highest BCUT2D eigenvalue weighted by molar-refractivity contribution is 5.84. The van der Waals surface area contributed by atoms with Crippen LogP contribution >= 0.6 is 0 Å². The van der Waals surface area contributed by atoms with Crippen molar-refractivity contribution in [2.75, 3.05) is 26.7 Å². The van der Waals surface area contributed by atoms with E-state index in [0.717, 1.165) is 32.0 Å². The fourth-order valence-electron chi connectivity index (χ4n) is 3.01. The van der Waals surface area contributed by atoms with Crippen LogP contribution in [0.5, 0.6) is 0 Å². The topological polar surface area (TPSA) is 58.4 Å². The highest BCUT2D eigenvalue weighted by Crippen LogP contribution is 2.24. The lowest BCUT2D eigenvalue weighted by Crippen LogP contribution is -2.54. The van der Waals surface area contributed by atoms with E-state index in [2.05, 4.69) is 17.3 Å². The van der Waals surface area contributed by atoms with Crippen molar-refractivity contribution in [2.45, 2.75) is 57.9 Å². The molecule has 1 saturated carbocycles. The molecule has 0 aromatic heterocycles. The van der Waals surface area contributed by atoms with E-state index in [1.807, 2.05) is 13.8 Å². The van der Waals surface area contributed by atoms with Gasteiger partial charge in [-0.05, 0) is 45.7 Å². The molecule has 112 valence electrons. The Kier molecular flexibility index (Phi) is 6.80. The van der Waals surface area contributed by atoms with Crippen molar-refractivity contribution in [2.24, 2.45) is 11.7 Å². The lowest BCUT2D eigenvalue weighted by Gasteiger charge is -2.31. The molecule has 1 aliphatic rings. The number of likely N-dealkylation sites (N-methyl/N-ethyl adjacent to an activating group) is 1. The average molecular weight is 269 g/mol. The van der Waals surface area contributed by atoms with Gasteiger partial charge in [-0.1, -0.05) is 26.2 Å². The fraction of sp³-hybridized carbons (Fsp3) is 0.933. The zero-order valence-corrected chi connectivity index (χ0v) is 12.9. The van der Waals surface area contributed by atoms with Crippen LogP contribution in [0.2, 0.25) is 0 Å². The Morgan fingerprint density at radius 2 is 2.00 bits per heavy atom. The molecule has 0 heterocycles. The van der Waals surface area contributed by atoms with E-state index in [1.165, 1.54) is 32.1 Å². The molecule has 0 radical (unpaired) electrons. The number of nitrogens with two attached hydrogens (primary N) is 1.